The van der Waals surface area contributed by atoms with E-state index in [9.17, 15) is 9.59 Å². The Morgan fingerprint density at radius 2 is 1.65 bits per heavy atom. The van der Waals surface area contributed by atoms with Crippen molar-refractivity contribution in [2.45, 2.75) is 25.3 Å². The van der Waals surface area contributed by atoms with Crippen molar-refractivity contribution < 1.29 is 9.59 Å². The Morgan fingerprint density at radius 3 is 2.18 bits per heavy atom. The summed E-state index contributed by atoms with van der Waals surface area (Å²) < 4.78 is 0. The van der Waals surface area contributed by atoms with Gasteiger partial charge in [0.25, 0.3) is 11.8 Å². The second-order valence-electron chi connectivity index (χ2n) is 4.46. The summed E-state index contributed by atoms with van der Waals surface area (Å²) in [6, 6.07) is 7.10. The number of hydrogen-bond donors (Lipinski definition) is 0. The van der Waals surface area contributed by atoms with Gasteiger partial charge in [-0.25, -0.2) is 0 Å². The van der Waals surface area contributed by atoms with Crippen LogP contribution in [0, 0.1) is 0 Å². The highest BCUT2D eigenvalue weighted by atomic mass is 16.2. The van der Waals surface area contributed by atoms with Gasteiger partial charge in [0.1, 0.15) is 0 Å². The van der Waals surface area contributed by atoms with E-state index in [4.69, 9.17) is 0 Å². The Bertz CT molecular complexity index is 484. The first-order valence-electron chi connectivity index (χ1n) is 5.91. The van der Waals surface area contributed by atoms with Crippen LogP contribution in [0.5, 0.6) is 0 Å². The van der Waals surface area contributed by atoms with Gasteiger partial charge < -0.3 is 0 Å². The van der Waals surface area contributed by atoms with Gasteiger partial charge in [-0.15, -0.1) is 0 Å². The molecule has 1 unspecified atom stereocenters. The molecule has 3 heteroatoms. The fourth-order valence-corrected chi connectivity index (χ4v) is 2.55. The number of carbonyl (C=O) groups excluding carboxylic acids is 2. The maximum absolute atomic E-state index is 12.2. The van der Waals surface area contributed by atoms with E-state index >= 15 is 0 Å². The highest BCUT2D eigenvalue weighted by molar-refractivity contribution is 6.21. The van der Waals surface area contributed by atoms with E-state index in [1.54, 1.807) is 24.3 Å². The van der Waals surface area contributed by atoms with Crippen molar-refractivity contribution >= 4 is 11.8 Å². The lowest BCUT2D eigenvalue weighted by atomic mass is 10.0. The highest BCUT2D eigenvalue weighted by Crippen LogP contribution is 2.28. The summed E-state index contributed by atoms with van der Waals surface area (Å²) >= 11 is 0. The molecule has 0 saturated carbocycles. The molecule has 1 aliphatic heterocycles. The van der Waals surface area contributed by atoms with Gasteiger partial charge in [0.2, 0.25) is 0 Å². The molecule has 0 fully saturated rings. The SMILES string of the molecule is O=C1c2ccccc2C(=O)N1C1CC=CCC1. The van der Waals surface area contributed by atoms with Crippen LogP contribution in [0.2, 0.25) is 0 Å². The average molecular weight is 227 g/mol. The van der Waals surface area contributed by atoms with Gasteiger partial charge in [0, 0.05) is 6.04 Å². The van der Waals surface area contributed by atoms with E-state index < -0.39 is 0 Å². The molecule has 1 aromatic carbocycles. The quantitative estimate of drug-likeness (QED) is 0.545. The molecule has 3 nitrogen and oxygen atoms in total. The summed E-state index contributed by atoms with van der Waals surface area (Å²) in [5.74, 6) is -0.267. The molecule has 0 saturated heterocycles. The molecule has 86 valence electrons. The molecule has 1 aliphatic carbocycles. The van der Waals surface area contributed by atoms with E-state index in [1.165, 1.54) is 4.90 Å². The normalized spacial score (nSPS) is 23.1. The van der Waals surface area contributed by atoms with Crippen LogP contribution in [0.25, 0.3) is 0 Å². The summed E-state index contributed by atoms with van der Waals surface area (Å²) in [4.78, 5) is 25.8. The van der Waals surface area contributed by atoms with Gasteiger partial charge in [-0.3, -0.25) is 14.5 Å². The monoisotopic (exact) mass is 227 g/mol. The van der Waals surface area contributed by atoms with Crippen LogP contribution in [0.15, 0.2) is 36.4 Å². The van der Waals surface area contributed by atoms with Gasteiger partial charge in [0.05, 0.1) is 11.1 Å². The molecule has 0 spiro atoms. The van der Waals surface area contributed by atoms with Crippen molar-refractivity contribution in [2.24, 2.45) is 0 Å². The third-order valence-electron chi connectivity index (χ3n) is 3.43. The summed E-state index contributed by atoms with van der Waals surface area (Å²) in [7, 11) is 0. The predicted octanol–water partition coefficient (Wildman–Crippen LogP) is 2.39. The van der Waals surface area contributed by atoms with Gasteiger partial charge >= 0.3 is 0 Å². The van der Waals surface area contributed by atoms with Crippen LogP contribution in [0.3, 0.4) is 0 Å². The molecule has 0 radical (unpaired) electrons. The summed E-state index contributed by atoms with van der Waals surface area (Å²) in [6.07, 6.45) is 6.76. The number of benzene rings is 1. The first kappa shape index (κ1) is 10.3. The molecule has 0 bridgehead atoms. The van der Waals surface area contributed by atoms with Gasteiger partial charge in [-0.2, -0.15) is 0 Å². The molecule has 0 aromatic heterocycles. The van der Waals surface area contributed by atoms with Crippen LogP contribution in [-0.4, -0.2) is 22.8 Å². The Morgan fingerprint density at radius 1 is 1.00 bits per heavy atom. The molecule has 17 heavy (non-hydrogen) atoms. The molecular weight excluding hydrogens is 214 g/mol. The maximum Gasteiger partial charge on any atom is 0.261 e. The second-order valence-corrected chi connectivity index (χ2v) is 4.46. The smallest absolute Gasteiger partial charge is 0.261 e. The average Bonchev–Trinajstić information content (AvgIpc) is 2.64. The zero-order valence-electron chi connectivity index (χ0n) is 9.43. The predicted molar refractivity (Wildman–Crippen MR) is 63.7 cm³/mol. The Labute approximate surface area is 99.7 Å². The van der Waals surface area contributed by atoms with Crippen LogP contribution in [0.1, 0.15) is 40.0 Å². The number of carbonyl (C=O) groups is 2. The Balaban J connectivity index is 1.97. The van der Waals surface area contributed by atoms with E-state index in [0.717, 1.165) is 19.3 Å². The Kier molecular flexibility index (Phi) is 2.32. The highest BCUT2D eigenvalue weighted by Gasteiger charge is 2.39. The number of rotatable bonds is 1. The number of nitrogens with zero attached hydrogens (tertiary/aromatic N) is 1. The fourth-order valence-electron chi connectivity index (χ4n) is 2.55. The zero-order valence-corrected chi connectivity index (χ0v) is 9.43. The van der Waals surface area contributed by atoms with Gasteiger partial charge in [0.15, 0.2) is 0 Å². The molecule has 0 N–H and O–H groups in total. The van der Waals surface area contributed by atoms with Crippen molar-refractivity contribution in [3.8, 4) is 0 Å². The number of imide groups is 1. The van der Waals surface area contributed by atoms with Crippen LogP contribution in [0.4, 0.5) is 0 Å². The molecule has 1 heterocycles. The van der Waals surface area contributed by atoms with Gasteiger partial charge in [-0.1, -0.05) is 24.3 Å². The molecule has 1 aromatic rings. The summed E-state index contributed by atoms with van der Waals surface area (Å²) in [6.45, 7) is 0. The lowest BCUT2D eigenvalue weighted by molar-refractivity contribution is 0.0575. The lowest BCUT2D eigenvalue weighted by Gasteiger charge is -2.26. The summed E-state index contributed by atoms with van der Waals surface area (Å²) in [5.41, 5.74) is 1.10. The third-order valence-corrected chi connectivity index (χ3v) is 3.43. The minimum absolute atomic E-state index is 0.0346. The standard InChI is InChI=1S/C14H13NO2/c16-13-11-8-4-5-9-12(11)14(17)15(13)10-6-2-1-3-7-10/h1-2,4-5,8-10H,3,6-7H2. The summed E-state index contributed by atoms with van der Waals surface area (Å²) in [5, 5.41) is 0. The van der Waals surface area contributed by atoms with Crippen molar-refractivity contribution in [3.63, 3.8) is 0 Å². The number of allylic oxidation sites excluding steroid dienone is 1. The third kappa shape index (κ3) is 1.50. The Hall–Kier alpha value is -1.90. The van der Waals surface area contributed by atoms with Crippen LogP contribution < -0.4 is 0 Å². The van der Waals surface area contributed by atoms with E-state index in [1.807, 2.05) is 0 Å². The largest absolute Gasteiger partial charge is 0.271 e. The molecule has 2 aliphatic rings. The lowest BCUT2D eigenvalue weighted by Crippen LogP contribution is -2.40. The van der Waals surface area contributed by atoms with Crippen LogP contribution in [-0.2, 0) is 0 Å². The topological polar surface area (TPSA) is 37.4 Å². The number of hydrogen-bond acceptors (Lipinski definition) is 2. The van der Waals surface area contributed by atoms with Crippen molar-refractivity contribution in [1.82, 2.24) is 4.90 Å². The molecular formula is C14H13NO2. The van der Waals surface area contributed by atoms with Crippen molar-refractivity contribution in [1.29, 1.82) is 0 Å². The fraction of sp³-hybridized carbons (Fsp3) is 0.286. The van der Waals surface area contributed by atoms with Crippen LogP contribution >= 0.6 is 0 Å². The minimum atomic E-state index is -0.133. The second kappa shape index (κ2) is 3.84. The number of fused-ring (bicyclic) bond motifs is 1. The van der Waals surface area contributed by atoms with Gasteiger partial charge in [-0.05, 0) is 31.4 Å². The van der Waals surface area contributed by atoms with E-state index in [2.05, 4.69) is 12.2 Å². The first-order chi connectivity index (χ1) is 8.29. The molecule has 1 atom stereocenters. The number of amides is 2. The van der Waals surface area contributed by atoms with E-state index in [0.29, 0.717) is 11.1 Å². The minimum Gasteiger partial charge on any atom is -0.271 e. The molecule has 2 amide bonds. The molecule has 3 rings (SSSR count). The van der Waals surface area contributed by atoms with E-state index in [-0.39, 0.29) is 17.9 Å². The van der Waals surface area contributed by atoms with Crippen molar-refractivity contribution in [3.05, 3.63) is 47.5 Å². The van der Waals surface area contributed by atoms with Crippen molar-refractivity contribution in [2.75, 3.05) is 0 Å². The first-order valence-corrected chi connectivity index (χ1v) is 5.91. The maximum atomic E-state index is 12.2. The zero-order chi connectivity index (χ0) is 11.8.